The average Bonchev–Trinajstić information content (AvgIpc) is 2.78. The number of rotatable bonds is 3. The molecule has 1 aromatic heterocycles. The third kappa shape index (κ3) is 2.61. The maximum Gasteiger partial charge on any atom is 0.323 e. The molecule has 0 unspecified atom stereocenters. The lowest BCUT2D eigenvalue weighted by Gasteiger charge is -2.01. The van der Waals surface area contributed by atoms with Crippen LogP contribution in [0.2, 0.25) is 0 Å². The molecule has 0 aliphatic rings. The van der Waals surface area contributed by atoms with Crippen LogP contribution in [0.5, 0.6) is 0 Å². The molecular formula is C11H10N6O2. The minimum atomic E-state index is -0.578. The van der Waals surface area contributed by atoms with E-state index in [1.165, 1.54) is 7.05 Å². The monoisotopic (exact) mass is 258 g/mol. The molecule has 0 atom stereocenters. The number of carbonyl (C=O) groups is 1. The number of nitrogens with zero attached hydrogens (tertiary/aromatic N) is 2. The number of nitriles is 1. The highest BCUT2D eigenvalue weighted by Crippen LogP contribution is 2.14. The molecule has 0 bridgehead atoms. The van der Waals surface area contributed by atoms with Crippen LogP contribution in [0.25, 0.3) is 11.0 Å². The second-order valence-electron chi connectivity index (χ2n) is 3.60. The highest BCUT2D eigenvalue weighted by Gasteiger charge is 2.08. The van der Waals surface area contributed by atoms with Crippen molar-refractivity contribution in [3.63, 3.8) is 0 Å². The van der Waals surface area contributed by atoms with Crippen molar-refractivity contribution in [2.45, 2.75) is 0 Å². The molecule has 0 radical (unpaired) electrons. The predicted molar refractivity (Wildman–Crippen MR) is 69.7 cm³/mol. The zero-order valence-corrected chi connectivity index (χ0v) is 9.94. The Bertz CT molecular complexity index is 748. The molecule has 2 aromatic rings. The summed E-state index contributed by atoms with van der Waals surface area (Å²) in [6, 6.07) is 6.65. The van der Waals surface area contributed by atoms with Gasteiger partial charge in [-0.25, -0.2) is 4.79 Å². The highest BCUT2D eigenvalue weighted by molar-refractivity contribution is 6.45. The van der Waals surface area contributed by atoms with E-state index in [1.54, 1.807) is 24.3 Å². The second kappa shape index (κ2) is 5.05. The van der Waals surface area contributed by atoms with Gasteiger partial charge in [-0.1, -0.05) is 0 Å². The van der Waals surface area contributed by atoms with Crippen molar-refractivity contribution in [3.8, 4) is 6.07 Å². The lowest BCUT2D eigenvalue weighted by molar-refractivity contribution is -0.114. The summed E-state index contributed by atoms with van der Waals surface area (Å²) >= 11 is 0. The third-order valence-electron chi connectivity index (χ3n) is 2.36. The van der Waals surface area contributed by atoms with Crippen molar-refractivity contribution in [1.29, 1.82) is 5.26 Å². The van der Waals surface area contributed by atoms with E-state index in [-0.39, 0.29) is 11.4 Å². The normalized spacial score (nSPS) is 11.1. The van der Waals surface area contributed by atoms with Crippen LogP contribution in [0, 0.1) is 11.3 Å². The van der Waals surface area contributed by atoms with Crippen LogP contribution in [0.1, 0.15) is 0 Å². The molecule has 0 aliphatic heterocycles. The summed E-state index contributed by atoms with van der Waals surface area (Å²) in [4.78, 5) is 27.5. The number of aromatic amines is 2. The van der Waals surface area contributed by atoms with Crippen LogP contribution in [-0.4, -0.2) is 28.6 Å². The zero-order chi connectivity index (χ0) is 13.8. The number of fused-ring (bicyclic) bond motifs is 1. The van der Waals surface area contributed by atoms with E-state index in [1.807, 2.05) is 0 Å². The van der Waals surface area contributed by atoms with Crippen LogP contribution < -0.4 is 16.4 Å². The Balaban J connectivity index is 2.26. The lowest BCUT2D eigenvalue weighted by Crippen LogP contribution is -2.27. The highest BCUT2D eigenvalue weighted by atomic mass is 16.2. The van der Waals surface area contributed by atoms with E-state index in [9.17, 15) is 9.59 Å². The molecule has 2 rings (SSSR count). The molecule has 0 fully saturated rings. The largest absolute Gasteiger partial charge is 0.353 e. The van der Waals surface area contributed by atoms with Gasteiger partial charge in [0, 0.05) is 7.05 Å². The molecule has 8 heteroatoms. The number of anilines is 1. The van der Waals surface area contributed by atoms with Crippen LogP contribution in [-0.2, 0) is 4.79 Å². The standard InChI is InChI=1S/C11H10N6O2/c1-13-10(18)9(5-12)17-16-6-2-3-7-8(4-6)15-11(19)14-7/h2-4,16H,1H3,(H,13,18)(H2,14,15,19). The smallest absolute Gasteiger partial charge is 0.323 e. The van der Waals surface area contributed by atoms with Gasteiger partial charge >= 0.3 is 5.69 Å². The number of hydrazone groups is 1. The topological polar surface area (TPSA) is 126 Å². The Kier molecular flexibility index (Phi) is 3.29. The Hall–Kier alpha value is -3.08. The van der Waals surface area contributed by atoms with Gasteiger partial charge in [0.2, 0.25) is 5.71 Å². The van der Waals surface area contributed by atoms with Gasteiger partial charge in [-0.15, -0.1) is 0 Å². The van der Waals surface area contributed by atoms with Gasteiger partial charge in [-0.3, -0.25) is 10.2 Å². The van der Waals surface area contributed by atoms with Crippen LogP contribution in [0.3, 0.4) is 0 Å². The van der Waals surface area contributed by atoms with E-state index in [2.05, 4.69) is 25.8 Å². The number of benzene rings is 1. The molecule has 19 heavy (non-hydrogen) atoms. The first-order valence-electron chi connectivity index (χ1n) is 5.32. The Morgan fingerprint density at radius 2 is 2.11 bits per heavy atom. The van der Waals surface area contributed by atoms with E-state index in [4.69, 9.17) is 5.26 Å². The fraction of sp³-hybridized carbons (Fsp3) is 0.0909. The number of hydrogen-bond acceptors (Lipinski definition) is 5. The molecule has 0 saturated carbocycles. The van der Waals surface area contributed by atoms with Crippen LogP contribution in [0.4, 0.5) is 5.69 Å². The maximum atomic E-state index is 11.2. The van der Waals surface area contributed by atoms with Gasteiger partial charge in [-0.2, -0.15) is 10.4 Å². The van der Waals surface area contributed by atoms with Crippen molar-refractivity contribution < 1.29 is 4.79 Å². The lowest BCUT2D eigenvalue weighted by atomic mass is 10.3. The van der Waals surface area contributed by atoms with Crippen molar-refractivity contribution in [2.24, 2.45) is 5.10 Å². The average molecular weight is 258 g/mol. The number of imidazole rings is 1. The predicted octanol–water partition coefficient (Wildman–Crippen LogP) is -0.106. The number of H-pyrrole nitrogens is 2. The molecule has 0 aliphatic carbocycles. The number of aromatic nitrogens is 2. The first-order valence-corrected chi connectivity index (χ1v) is 5.32. The summed E-state index contributed by atoms with van der Waals surface area (Å²) in [6.07, 6.45) is 0. The summed E-state index contributed by atoms with van der Waals surface area (Å²) in [5.74, 6) is -0.578. The first kappa shape index (κ1) is 12.4. The summed E-state index contributed by atoms with van der Waals surface area (Å²) in [7, 11) is 1.41. The number of carbonyl (C=O) groups excluding carboxylic acids is 1. The summed E-state index contributed by atoms with van der Waals surface area (Å²) in [5, 5.41) is 14.7. The molecule has 96 valence electrons. The maximum absolute atomic E-state index is 11.2. The van der Waals surface area contributed by atoms with Crippen molar-refractivity contribution in [3.05, 3.63) is 28.7 Å². The molecule has 1 aromatic carbocycles. The van der Waals surface area contributed by atoms with E-state index < -0.39 is 5.91 Å². The van der Waals surface area contributed by atoms with Gasteiger partial charge in [0.05, 0.1) is 16.7 Å². The molecule has 1 heterocycles. The van der Waals surface area contributed by atoms with Crippen LogP contribution >= 0.6 is 0 Å². The molecule has 0 saturated heterocycles. The Morgan fingerprint density at radius 3 is 2.79 bits per heavy atom. The van der Waals surface area contributed by atoms with Gasteiger partial charge in [0.1, 0.15) is 6.07 Å². The molecule has 8 nitrogen and oxygen atoms in total. The minimum Gasteiger partial charge on any atom is -0.353 e. The molecule has 1 amide bonds. The van der Waals surface area contributed by atoms with Gasteiger partial charge < -0.3 is 15.3 Å². The number of hydrogen-bond donors (Lipinski definition) is 4. The molecule has 4 N–H and O–H groups in total. The van der Waals surface area contributed by atoms with Crippen LogP contribution in [0.15, 0.2) is 28.1 Å². The van der Waals surface area contributed by atoms with E-state index in [0.717, 1.165) is 0 Å². The SMILES string of the molecule is CNC(=O)C(C#N)=NNc1ccc2[nH]c(=O)[nH]c2c1. The number of amides is 1. The van der Waals surface area contributed by atoms with Gasteiger partial charge in [0.15, 0.2) is 0 Å². The van der Waals surface area contributed by atoms with E-state index >= 15 is 0 Å². The fourth-order valence-electron chi connectivity index (χ4n) is 1.47. The zero-order valence-electron chi connectivity index (χ0n) is 9.94. The molecule has 0 spiro atoms. The quantitative estimate of drug-likeness (QED) is 0.452. The number of nitrogens with one attached hydrogen (secondary N) is 4. The van der Waals surface area contributed by atoms with Crippen molar-refractivity contribution in [2.75, 3.05) is 12.5 Å². The fourth-order valence-corrected chi connectivity index (χ4v) is 1.47. The summed E-state index contributed by atoms with van der Waals surface area (Å²) < 4.78 is 0. The van der Waals surface area contributed by atoms with Gasteiger partial charge in [-0.05, 0) is 18.2 Å². The summed E-state index contributed by atoms with van der Waals surface area (Å²) in [5.41, 5.74) is 3.79. The van der Waals surface area contributed by atoms with Crippen molar-refractivity contribution in [1.82, 2.24) is 15.3 Å². The van der Waals surface area contributed by atoms with Gasteiger partial charge in [0.25, 0.3) is 5.91 Å². The minimum absolute atomic E-state index is 0.287. The molecular weight excluding hydrogens is 248 g/mol. The van der Waals surface area contributed by atoms with E-state index in [0.29, 0.717) is 16.7 Å². The Morgan fingerprint density at radius 1 is 1.37 bits per heavy atom. The van der Waals surface area contributed by atoms with Crippen molar-refractivity contribution >= 4 is 28.3 Å². The second-order valence-corrected chi connectivity index (χ2v) is 3.60. The first-order chi connectivity index (χ1) is 9.13. The third-order valence-corrected chi connectivity index (χ3v) is 2.36. The Labute approximate surface area is 107 Å². The summed E-state index contributed by atoms with van der Waals surface area (Å²) in [6.45, 7) is 0.